The van der Waals surface area contributed by atoms with Crippen molar-refractivity contribution in [1.29, 1.82) is 0 Å². The number of amides is 1. The molecule has 4 N–H and O–H groups in total. The van der Waals surface area contributed by atoms with E-state index in [4.69, 9.17) is 10.8 Å². The van der Waals surface area contributed by atoms with E-state index in [1.54, 1.807) is 11.6 Å². The minimum Gasteiger partial charge on any atom is -0.545 e. The van der Waals surface area contributed by atoms with Crippen LogP contribution in [0, 0.1) is 0 Å². The summed E-state index contributed by atoms with van der Waals surface area (Å²) >= 11 is 0. The van der Waals surface area contributed by atoms with Gasteiger partial charge in [0.15, 0.2) is 6.54 Å². The van der Waals surface area contributed by atoms with Gasteiger partial charge in [-0.3, -0.25) is 15.1 Å². The van der Waals surface area contributed by atoms with Gasteiger partial charge in [-0.1, -0.05) is 0 Å². The van der Waals surface area contributed by atoms with Crippen molar-refractivity contribution >= 4 is 23.8 Å². The van der Waals surface area contributed by atoms with Crippen LogP contribution in [0.2, 0.25) is 0 Å². The average Bonchev–Trinajstić information content (AvgIpc) is 2.42. The van der Waals surface area contributed by atoms with Crippen LogP contribution < -0.4 is 16.2 Å². The molecule has 0 saturated carbocycles. The number of hydrogen-bond acceptors (Lipinski definition) is 5. The van der Waals surface area contributed by atoms with Crippen LogP contribution in [0.1, 0.15) is 0 Å². The molecule has 0 unspecified atom stereocenters. The van der Waals surface area contributed by atoms with Gasteiger partial charge in [-0.25, -0.2) is 10.1 Å². The first-order valence-corrected chi connectivity index (χ1v) is 4.08. The number of carboxylic acid groups (broad SMARTS) is 2. The molecule has 1 heterocycles. The smallest absolute Gasteiger partial charge is 0.351 e. The predicted molar refractivity (Wildman–Crippen MR) is 50.2 cm³/mol. The number of carboxylic acids is 2. The monoisotopic (exact) mass is 229 g/mol. The number of aliphatic carboxylic acids is 2. The molecule has 16 heavy (non-hydrogen) atoms. The van der Waals surface area contributed by atoms with Crippen LogP contribution in [-0.2, 0) is 14.4 Å². The van der Waals surface area contributed by atoms with Crippen LogP contribution in [-0.4, -0.2) is 47.1 Å². The summed E-state index contributed by atoms with van der Waals surface area (Å²) in [6.45, 7) is 0.381. The number of carbonyl (C=O) groups is 3. The molecule has 8 nitrogen and oxygen atoms in total. The van der Waals surface area contributed by atoms with Crippen LogP contribution in [0.3, 0.4) is 0 Å². The number of nitrogens with one attached hydrogen (secondary N) is 1. The Morgan fingerprint density at radius 1 is 1.56 bits per heavy atom. The molecule has 1 aliphatic heterocycles. The highest BCUT2D eigenvalue weighted by Gasteiger charge is 2.20. The third kappa shape index (κ3) is 6.13. The Morgan fingerprint density at radius 2 is 2.12 bits per heavy atom. The highest BCUT2D eigenvalue weighted by Crippen LogP contribution is 1.77. The lowest BCUT2D eigenvalue weighted by Gasteiger charge is -1.85. The van der Waals surface area contributed by atoms with Crippen molar-refractivity contribution in [3.05, 3.63) is 12.2 Å². The standard InChI is InChI=1S/C4H7N3O.C4H4O4/c1-7-2-3(8)6-4(7)5;5-3(6)1-2-4(7)8/h2H2,1H3,(H2,5,6,8);1-2H,(H,5,6)(H,7,8)/b;2-1-. The largest absolute Gasteiger partial charge is 0.545 e. The SMILES string of the molecule is C[N+]1=C(N)NC(=O)C1.O=C([O-])/C=C\C(=O)O. The zero-order chi connectivity index (χ0) is 12.7. The third-order valence-corrected chi connectivity index (χ3v) is 1.42. The van der Waals surface area contributed by atoms with E-state index in [2.05, 4.69) is 5.32 Å². The van der Waals surface area contributed by atoms with Crippen molar-refractivity contribution in [3.8, 4) is 0 Å². The highest BCUT2D eigenvalue weighted by atomic mass is 16.4. The Labute approximate surface area is 90.7 Å². The summed E-state index contributed by atoms with van der Waals surface area (Å²) < 4.78 is 1.66. The summed E-state index contributed by atoms with van der Waals surface area (Å²) in [4.78, 5) is 29.4. The lowest BCUT2D eigenvalue weighted by atomic mass is 10.5. The maximum atomic E-state index is 10.4. The van der Waals surface area contributed by atoms with E-state index in [-0.39, 0.29) is 5.91 Å². The zero-order valence-corrected chi connectivity index (χ0v) is 8.47. The molecule has 0 aromatic carbocycles. The molecule has 0 aliphatic carbocycles. The fourth-order valence-electron chi connectivity index (χ4n) is 0.718. The van der Waals surface area contributed by atoms with Gasteiger partial charge in [-0.05, 0) is 6.08 Å². The molecule has 0 bridgehead atoms. The van der Waals surface area contributed by atoms with Gasteiger partial charge in [-0.15, -0.1) is 0 Å². The number of nitrogens with two attached hydrogens (primary N) is 1. The first-order valence-electron chi connectivity index (χ1n) is 4.08. The molecule has 0 radical (unpaired) electrons. The minimum atomic E-state index is -1.51. The van der Waals surface area contributed by atoms with Crippen LogP contribution in [0.25, 0.3) is 0 Å². The second-order valence-electron chi connectivity index (χ2n) is 2.78. The predicted octanol–water partition coefficient (Wildman–Crippen LogP) is -3.55. The van der Waals surface area contributed by atoms with Crippen LogP contribution in [0.5, 0.6) is 0 Å². The molecule has 0 saturated heterocycles. The molecule has 1 amide bonds. The molecule has 1 rings (SSSR count). The maximum Gasteiger partial charge on any atom is 0.351 e. The van der Waals surface area contributed by atoms with Gasteiger partial charge >= 0.3 is 17.8 Å². The molecule has 0 aromatic rings. The molecule has 0 fully saturated rings. The zero-order valence-electron chi connectivity index (χ0n) is 8.47. The lowest BCUT2D eigenvalue weighted by Crippen LogP contribution is -2.32. The first-order chi connectivity index (χ1) is 7.32. The Balaban J connectivity index is 0.000000281. The third-order valence-electron chi connectivity index (χ3n) is 1.42. The van der Waals surface area contributed by atoms with Crippen molar-refractivity contribution in [3.63, 3.8) is 0 Å². The Bertz CT molecular complexity index is 340. The van der Waals surface area contributed by atoms with Gasteiger partial charge in [0.25, 0.3) is 0 Å². The van der Waals surface area contributed by atoms with Crippen molar-refractivity contribution in [1.82, 2.24) is 5.32 Å². The number of hydrogen-bond donors (Lipinski definition) is 3. The molecule has 0 aromatic heterocycles. The number of likely N-dealkylation sites (N-methyl/N-ethyl adjacent to an activating group) is 1. The van der Waals surface area contributed by atoms with Gasteiger partial charge in [-0.2, -0.15) is 0 Å². The Hall–Kier alpha value is -2.38. The molecule has 8 heteroatoms. The van der Waals surface area contributed by atoms with Gasteiger partial charge in [0.1, 0.15) is 0 Å². The number of carbonyl (C=O) groups excluding carboxylic acids is 2. The number of guanidine groups is 1. The fourth-order valence-corrected chi connectivity index (χ4v) is 0.718. The van der Waals surface area contributed by atoms with Crippen molar-refractivity contribution in [2.24, 2.45) is 5.73 Å². The lowest BCUT2D eigenvalue weighted by molar-refractivity contribution is -0.480. The van der Waals surface area contributed by atoms with Crippen molar-refractivity contribution in [2.75, 3.05) is 13.6 Å². The molecular formula is C8H11N3O5. The van der Waals surface area contributed by atoms with E-state index in [1.807, 2.05) is 0 Å². The summed E-state index contributed by atoms with van der Waals surface area (Å²) in [5.74, 6) is -2.40. The fraction of sp³-hybridized carbons (Fsp3) is 0.250. The molecule has 88 valence electrons. The van der Waals surface area contributed by atoms with E-state index in [0.29, 0.717) is 24.7 Å². The topological polar surface area (TPSA) is 136 Å². The van der Waals surface area contributed by atoms with E-state index >= 15 is 0 Å². The van der Waals surface area contributed by atoms with Crippen LogP contribution >= 0.6 is 0 Å². The molecule has 0 atom stereocenters. The van der Waals surface area contributed by atoms with E-state index in [9.17, 15) is 19.5 Å². The minimum absolute atomic E-state index is 0.0370. The Kier molecular flexibility index (Phi) is 5.25. The summed E-state index contributed by atoms with van der Waals surface area (Å²) in [6, 6.07) is 0. The second kappa shape index (κ2) is 6.17. The number of rotatable bonds is 2. The van der Waals surface area contributed by atoms with Gasteiger partial charge in [0, 0.05) is 6.08 Å². The van der Waals surface area contributed by atoms with Gasteiger partial charge in [0.2, 0.25) is 0 Å². The van der Waals surface area contributed by atoms with E-state index in [1.165, 1.54) is 0 Å². The molecule has 0 spiro atoms. The Morgan fingerprint density at radius 3 is 2.25 bits per heavy atom. The van der Waals surface area contributed by atoms with E-state index < -0.39 is 11.9 Å². The van der Waals surface area contributed by atoms with Crippen LogP contribution in [0.4, 0.5) is 0 Å². The van der Waals surface area contributed by atoms with Crippen LogP contribution in [0.15, 0.2) is 12.2 Å². The highest BCUT2D eigenvalue weighted by molar-refractivity contribution is 5.97. The molecular weight excluding hydrogens is 218 g/mol. The van der Waals surface area contributed by atoms with Gasteiger partial charge < -0.3 is 15.0 Å². The summed E-state index contributed by atoms with van der Waals surface area (Å²) in [5, 5.41) is 19.7. The second-order valence-corrected chi connectivity index (χ2v) is 2.78. The van der Waals surface area contributed by atoms with Gasteiger partial charge in [0.05, 0.1) is 13.0 Å². The molecule has 1 aliphatic rings. The van der Waals surface area contributed by atoms with Crippen molar-refractivity contribution in [2.45, 2.75) is 0 Å². The summed E-state index contributed by atoms with van der Waals surface area (Å²) in [7, 11) is 1.76. The summed E-state index contributed by atoms with van der Waals surface area (Å²) in [6.07, 6.45) is 0.942. The quantitative estimate of drug-likeness (QED) is 0.331. The summed E-state index contributed by atoms with van der Waals surface area (Å²) in [5.41, 5.74) is 5.28. The normalized spacial score (nSPS) is 14.4. The maximum absolute atomic E-state index is 10.4. The average molecular weight is 229 g/mol. The first kappa shape index (κ1) is 13.6. The van der Waals surface area contributed by atoms with E-state index in [0.717, 1.165) is 0 Å². The van der Waals surface area contributed by atoms with Crippen molar-refractivity contribution < 1.29 is 29.2 Å². The number of nitrogens with zero attached hydrogens (tertiary/aromatic N) is 1.